The van der Waals surface area contributed by atoms with E-state index in [2.05, 4.69) is 27.0 Å². The third kappa shape index (κ3) is 6.60. The van der Waals surface area contributed by atoms with Gasteiger partial charge in [-0.3, -0.25) is 4.90 Å². The maximum Gasteiger partial charge on any atom is 0.148 e. The Morgan fingerprint density at radius 1 is 1.12 bits per heavy atom. The monoisotopic (exact) mass is 468 g/mol. The van der Waals surface area contributed by atoms with Gasteiger partial charge in [-0.05, 0) is 80.0 Å². The van der Waals surface area contributed by atoms with E-state index < -0.39 is 0 Å². The highest BCUT2D eigenvalue weighted by atomic mass is 19.1. The molecule has 0 spiro atoms. The summed E-state index contributed by atoms with van der Waals surface area (Å²) in [6.07, 6.45) is 5.06. The van der Waals surface area contributed by atoms with Crippen molar-refractivity contribution in [2.24, 2.45) is 11.8 Å². The molecule has 1 saturated heterocycles. The lowest BCUT2D eigenvalue weighted by molar-refractivity contribution is 0.301. The number of rotatable bonds is 7. The summed E-state index contributed by atoms with van der Waals surface area (Å²) < 4.78 is 26.8. The van der Waals surface area contributed by atoms with Crippen LogP contribution in [0.2, 0.25) is 0 Å². The van der Waals surface area contributed by atoms with Crippen molar-refractivity contribution in [3.8, 4) is 0 Å². The van der Waals surface area contributed by atoms with Gasteiger partial charge in [-0.15, -0.1) is 10.2 Å². The number of hydrogen-bond acceptors (Lipinski definition) is 4. The van der Waals surface area contributed by atoms with E-state index in [1.165, 1.54) is 24.3 Å². The van der Waals surface area contributed by atoms with Crippen LogP contribution in [-0.2, 0) is 6.54 Å². The first kappa shape index (κ1) is 25.8. The van der Waals surface area contributed by atoms with Crippen LogP contribution in [0, 0.1) is 17.7 Å². The maximum absolute atomic E-state index is 13.7. The summed E-state index contributed by atoms with van der Waals surface area (Å²) in [7, 11) is 0. The van der Waals surface area contributed by atoms with Crippen LogP contribution in [0.15, 0.2) is 66.5 Å². The van der Waals surface area contributed by atoms with Crippen molar-refractivity contribution in [1.29, 1.82) is 0 Å². The van der Waals surface area contributed by atoms with Crippen LogP contribution in [0.1, 0.15) is 53.2 Å². The van der Waals surface area contributed by atoms with Gasteiger partial charge < -0.3 is 5.32 Å². The lowest BCUT2D eigenvalue weighted by Crippen LogP contribution is -2.25. The first-order chi connectivity index (χ1) is 16.4. The second-order valence-corrected chi connectivity index (χ2v) is 8.97. The zero-order valence-corrected chi connectivity index (χ0v) is 20.7. The second kappa shape index (κ2) is 12.0. The zero-order valence-electron chi connectivity index (χ0n) is 20.7. The predicted octanol–water partition coefficient (Wildman–Crippen LogP) is 7.04. The highest BCUT2D eigenvalue weighted by molar-refractivity contribution is 5.77. The quantitative estimate of drug-likeness (QED) is 0.442. The molecule has 6 heteroatoms. The molecule has 0 radical (unpaired) electrons. The number of nitrogens with zero attached hydrogens (tertiary/aromatic N) is 3. The minimum atomic E-state index is -0.321. The number of aromatic nitrogens is 2. The molecule has 4 nitrogen and oxygen atoms in total. The lowest BCUT2D eigenvalue weighted by atomic mass is 10.0. The zero-order chi connectivity index (χ0) is 24.7. The normalized spacial score (nSPS) is 22.7. The maximum atomic E-state index is 13.7. The van der Waals surface area contributed by atoms with E-state index in [0.29, 0.717) is 29.1 Å². The molecule has 34 heavy (non-hydrogen) atoms. The number of hydrogen-bond donors (Lipinski definition) is 1. The third-order valence-electron chi connectivity index (χ3n) is 6.46. The topological polar surface area (TPSA) is 41.0 Å². The van der Waals surface area contributed by atoms with Crippen LogP contribution in [0.4, 0.5) is 14.6 Å². The van der Waals surface area contributed by atoms with Crippen molar-refractivity contribution >= 4 is 11.4 Å². The fraction of sp³-hybridized carbons (Fsp3) is 0.429. The molecule has 1 N–H and O–H groups in total. The van der Waals surface area contributed by atoms with E-state index in [1.54, 1.807) is 6.92 Å². The van der Waals surface area contributed by atoms with Gasteiger partial charge in [-0.2, -0.15) is 0 Å². The number of fused-ring (bicyclic) bond motifs is 1. The number of nitrogens with one attached hydrogen (secondary N) is 1. The smallest absolute Gasteiger partial charge is 0.148 e. The van der Waals surface area contributed by atoms with Crippen LogP contribution in [0.25, 0.3) is 5.57 Å². The highest BCUT2D eigenvalue weighted by Gasteiger charge is 2.40. The summed E-state index contributed by atoms with van der Waals surface area (Å²) in [6.45, 7) is 14.4. The number of anilines is 1. The molecule has 184 valence electrons. The lowest BCUT2D eigenvalue weighted by Gasteiger charge is -2.20. The fourth-order valence-electron chi connectivity index (χ4n) is 4.89. The minimum absolute atomic E-state index is 0. The molecule has 0 amide bonds. The van der Waals surface area contributed by atoms with Gasteiger partial charge in [-0.25, -0.2) is 8.78 Å². The van der Waals surface area contributed by atoms with Crippen LogP contribution in [0.5, 0.6) is 0 Å². The third-order valence-corrected chi connectivity index (χ3v) is 6.46. The molecular weight excluding hydrogens is 430 g/mol. The van der Waals surface area contributed by atoms with Crippen molar-refractivity contribution in [3.63, 3.8) is 0 Å². The standard InChI is InChI=1S/C26H30F2N4.C2H6.H2/c1-4-21(27)13-24(17(2)3)25-9-10-26(31-30-25)29-23-11-19-15-32(16-20(19)12-23)14-18-5-7-22(28)8-6-18;1-2;/h4-10,13,19-20,23H,2,11-12,14-16H2,1,3H3,(H,29,31);1-2H3;1H/b21-4+,24-13+;;/t19-,20+,23?;;. The van der Waals surface area contributed by atoms with E-state index >= 15 is 0 Å². The van der Waals surface area contributed by atoms with Gasteiger partial charge in [0.25, 0.3) is 0 Å². The summed E-state index contributed by atoms with van der Waals surface area (Å²) in [6, 6.07) is 11.0. The van der Waals surface area contributed by atoms with Gasteiger partial charge in [0.2, 0.25) is 0 Å². The van der Waals surface area contributed by atoms with Gasteiger partial charge in [0, 0.05) is 32.7 Å². The number of halogens is 2. The minimum Gasteiger partial charge on any atom is -0.366 e. The molecule has 2 aliphatic rings. The molecule has 0 bridgehead atoms. The Bertz CT molecular complexity index is 1000. The van der Waals surface area contributed by atoms with E-state index in [1.807, 2.05) is 45.0 Å². The largest absolute Gasteiger partial charge is 0.366 e. The fourth-order valence-corrected chi connectivity index (χ4v) is 4.89. The second-order valence-electron chi connectivity index (χ2n) is 8.97. The SMILES string of the molecule is C=C(C)/C(=C\C(F)=C/C)c1ccc(NC2C[C@@H]3CN(Cc4ccc(F)cc4)C[C@@H]3C2)nn1.CC.[HH]. The number of allylic oxidation sites excluding steroid dienone is 5. The van der Waals surface area contributed by atoms with E-state index in [9.17, 15) is 8.78 Å². The molecule has 1 aromatic carbocycles. The Kier molecular flexibility index (Phi) is 9.11. The van der Waals surface area contributed by atoms with Crippen LogP contribution >= 0.6 is 0 Å². The van der Waals surface area contributed by atoms with Gasteiger partial charge in [-0.1, -0.05) is 38.6 Å². The molecule has 3 atom stereocenters. The molecule has 1 saturated carbocycles. The molecule has 1 aliphatic carbocycles. The Labute approximate surface area is 204 Å². The average Bonchev–Trinajstić information content (AvgIpc) is 3.38. The molecular formula is C28H38F2N4. The van der Waals surface area contributed by atoms with E-state index in [4.69, 9.17) is 0 Å². The van der Waals surface area contributed by atoms with Crippen LogP contribution in [-0.4, -0.2) is 34.2 Å². The molecule has 2 aromatic rings. The van der Waals surface area contributed by atoms with Crippen molar-refractivity contribution in [2.45, 2.75) is 53.1 Å². The summed E-state index contributed by atoms with van der Waals surface area (Å²) >= 11 is 0. The summed E-state index contributed by atoms with van der Waals surface area (Å²) in [5.74, 6) is 1.57. The van der Waals surface area contributed by atoms with Crippen molar-refractivity contribution in [2.75, 3.05) is 18.4 Å². The Morgan fingerprint density at radius 3 is 2.29 bits per heavy atom. The van der Waals surface area contributed by atoms with Crippen molar-refractivity contribution in [1.82, 2.24) is 15.1 Å². The predicted molar refractivity (Wildman–Crippen MR) is 138 cm³/mol. The first-order valence-corrected chi connectivity index (χ1v) is 12.2. The van der Waals surface area contributed by atoms with E-state index in [0.717, 1.165) is 49.4 Å². The van der Waals surface area contributed by atoms with E-state index in [-0.39, 0.29) is 13.1 Å². The molecule has 2 fully saturated rings. The summed E-state index contributed by atoms with van der Waals surface area (Å²) in [5.41, 5.74) is 3.16. The molecule has 1 aromatic heterocycles. The summed E-state index contributed by atoms with van der Waals surface area (Å²) in [4.78, 5) is 2.47. The molecule has 4 rings (SSSR count). The van der Waals surface area contributed by atoms with Crippen molar-refractivity contribution < 1.29 is 10.2 Å². The number of benzene rings is 1. The van der Waals surface area contributed by atoms with Gasteiger partial charge >= 0.3 is 0 Å². The van der Waals surface area contributed by atoms with Crippen LogP contribution < -0.4 is 5.32 Å². The molecule has 2 heterocycles. The van der Waals surface area contributed by atoms with Gasteiger partial charge in [0.05, 0.1) is 5.69 Å². The first-order valence-electron chi connectivity index (χ1n) is 12.2. The van der Waals surface area contributed by atoms with Crippen molar-refractivity contribution in [3.05, 3.63) is 83.6 Å². The number of likely N-dealkylation sites (tertiary alicyclic amines) is 1. The van der Waals surface area contributed by atoms with Gasteiger partial charge in [0.1, 0.15) is 17.5 Å². The van der Waals surface area contributed by atoms with Crippen LogP contribution in [0.3, 0.4) is 0 Å². The Morgan fingerprint density at radius 2 is 1.76 bits per heavy atom. The average molecular weight is 469 g/mol. The Hall–Kier alpha value is -2.86. The Balaban J connectivity index is 0.00000140. The summed E-state index contributed by atoms with van der Waals surface area (Å²) in [5, 5.41) is 12.1. The highest BCUT2D eigenvalue weighted by Crippen LogP contribution is 2.39. The van der Waals surface area contributed by atoms with Gasteiger partial charge in [0.15, 0.2) is 0 Å². The molecule has 1 unspecified atom stereocenters. The molecule has 1 aliphatic heterocycles.